The molecule has 1 aliphatic rings. The van der Waals surface area contributed by atoms with Crippen LogP contribution in [0.1, 0.15) is 32.3 Å². The molecule has 0 amide bonds. The molecule has 32 heavy (non-hydrogen) atoms. The number of hydrogen-bond donors (Lipinski definition) is 1. The molecule has 0 radical (unpaired) electrons. The zero-order valence-corrected chi connectivity index (χ0v) is 17.8. The highest BCUT2D eigenvalue weighted by Gasteiger charge is 2.41. The fourth-order valence-electron chi connectivity index (χ4n) is 3.12. The van der Waals surface area contributed by atoms with E-state index in [-0.39, 0.29) is 33.8 Å². The number of non-ortho nitro benzene ring substituents is 1. The highest BCUT2D eigenvalue weighted by atomic mass is 16.6. The van der Waals surface area contributed by atoms with Gasteiger partial charge in [-0.1, -0.05) is 12.1 Å². The Morgan fingerprint density at radius 3 is 2.47 bits per heavy atom. The van der Waals surface area contributed by atoms with Crippen molar-refractivity contribution < 1.29 is 33.5 Å². The third-order valence-corrected chi connectivity index (χ3v) is 4.36. The Morgan fingerprint density at radius 2 is 1.94 bits per heavy atom. The van der Waals surface area contributed by atoms with Crippen LogP contribution < -0.4 is 5.32 Å². The van der Waals surface area contributed by atoms with E-state index in [1.807, 2.05) is 6.07 Å². The van der Waals surface area contributed by atoms with Crippen LogP contribution in [-0.4, -0.2) is 42.7 Å². The Bertz CT molecular complexity index is 1070. The first kappa shape index (κ1) is 24.1. The van der Waals surface area contributed by atoms with Gasteiger partial charge >= 0.3 is 17.9 Å². The van der Waals surface area contributed by atoms with Crippen molar-refractivity contribution >= 4 is 23.6 Å². The second-order valence-electron chi connectivity index (χ2n) is 6.93. The number of esters is 3. The lowest BCUT2D eigenvalue weighted by molar-refractivity contribution is -0.384. The maximum Gasteiger partial charge on any atom is 0.337 e. The molecule has 1 N–H and O–H groups in total. The van der Waals surface area contributed by atoms with Gasteiger partial charge in [0.25, 0.3) is 5.69 Å². The van der Waals surface area contributed by atoms with Gasteiger partial charge in [-0.25, -0.2) is 9.59 Å². The Morgan fingerprint density at radius 1 is 1.25 bits per heavy atom. The van der Waals surface area contributed by atoms with Crippen molar-refractivity contribution in [1.29, 1.82) is 5.26 Å². The molecule has 0 fully saturated rings. The Labute approximate surface area is 183 Å². The monoisotopic (exact) mass is 443 g/mol. The maximum absolute atomic E-state index is 13.1. The van der Waals surface area contributed by atoms with Gasteiger partial charge in [0.05, 0.1) is 40.9 Å². The molecule has 2 rings (SSSR count). The summed E-state index contributed by atoms with van der Waals surface area (Å²) in [5.74, 6) is -3.68. The number of rotatable bonds is 7. The molecule has 1 aromatic carbocycles. The molecule has 11 heteroatoms. The van der Waals surface area contributed by atoms with Crippen LogP contribution in [-0.2, 0) is 28.6 Å². The van der Waals surface area contributed by atoms with Crippen LogP contribution >= 0.6 is 0 Å². The quantitative estimate of drug-likeness (QED) is 0.286. The van der Waals surface area contributed by atoms with E-state index >= 15 is 0 Å². The molecule has 0 aliphatic carbocycles. The van der Waals surface area contributed by atoms with E-state index in [4.69, 9.17) is 14.2 Å². The molecule has 1 atom stereocenters. The molecule has 1 aromatic rings. The van der Waals surface area contributed by atoms with Crippen LogP contribution in [0.2, 0.25) is 0 Å². The van der Waals surface area contributed by atoms with E-state index < -0.39 is 41.5 Å². The summed E-state index contributed by atoms with van der Waals surface area (Å²) < 4.78 is 15.1. The first-order valence-corrected chi connectivity index (χ1v) is 9.42. The normalized spacial score (nSPS) is 15.6. The smallest absolute Gasteiger partial charge is 0.337 e. The second kappa shape index (κ2) is 10.2. The van der Waals surface area contributed by atoms with Gasteiger partial charge in [0, 0.05) is 19.1 Å². The number of carbonyl (C=O) groups is 3. The third kappa shape index (κ3) is 5.28. The van der Waals surface area contributed by atoms with E-state index in [2.05, 4.69) is 5.32 Å². The molecule has 0 bridgehead atoms. The molecule has 1 heterocycles. The lowest BCUT2D eigenvalue weighted by Crippen LogP contribution is -2.35. The summed E-state index contributed by atoms with van der Waals surface area (Å²) in [7, 11) is 1.10. The molecule has 0 saturated heterocycles. The molecule has 0 spiro atoms. The van der Waals surface area contributed by atoms with Crippen molar-refractivity contribution in [3.63, 3.8) is 0 Å². The summed E-state index contributed by atoms with van der Waals surface area (Å²) in [4.78, 5) is 47.7. The topological polar surface area (TPSA) is 158 Å². The number of methoxy groups -OCH3 is 1. The van der Waals surface area contributed by atoms with E-state index in [1.54, 1.807) is 13.8 Å². The number of hydrogen-bond acceptors (Lipinski definition) is 10. The number of allylic oxidation sites excluding steroid dienone is 1. The van der Waals surface area contributed by atoms with Crippen molar-refractivity contribution in [3.05, 3.63) is 62.5 Å². The fourth-order valence-corrected chi connectivity index (χ4v) is 3.12. The standard InChI is InChI=1S/C21H21N3O8/c1-11(2)32-21(27)19-16(10-31-12(3)25)23-15(9-22)18(20(26)30-4)17(19)13-6-5-7-14(8-13)24(28)29/h5-8,11,17,23H,10H2,1-4H3. The van der Waals surface area contributed by atoms with Crippen molar-refractivity contribution in [1.82, 2.24) is 5.32 Å². The summed E-state index contributed by atoms with van der Waals surface area (Å²) in [6.07, 6.45) is -0.543. The summed E-state index contributed by atoms with van der Waals surface area (Å²) in [5, 5.41) is 23.6. The van der Waals surface area contributed by atoms with Gasteiger partial charge < -0.3 is 19.5 Å². The van der Waals surface area contributed by atoms with Crippen molar-refractivity contribution in [2.75, 3.05) is 13.7 Å². The van der Waals surface area contributed by atoms with E-state index in [1.165, 1.54) is 24.3 Å². The van der Waals surface area contributed by atoms with Crippen LogP contribution in [0.3, 0.4) is 0 Å². The van der Waals surface area contributed by atoms with Crippen LogP contribution in [0, 0.1) is 21.4 Å². The van der Waals surface area contributed by atoms with Gasteiger partial charge in [-0.15, -0.1) is 0 Å². The minimum atomic E-state index is -1.25. The Balaban J connectivity index is 2.83. The number of carbonyl (C=O) groups excluding carboxylic acids is 3. The average Bonchev–Trinajstić information content (AvgIpc) is 2.75. The fraction of sp³-hybridized carbons (Fsp3) is 0.333. The van der Waals surface area contributed by atoms with Crippen LogP contribution in [0.4, 0.5) is 5.69 Å². The SMILES string of the molecule is COC(=O)C1=C(C#N)NC(COC(C)=O)=C(C(=O)OC(C)C)C1c1cccc([N+](=O)[O-])c1. The summed E-state index contributed by atoms with van der Waals surface area (Å²) in [5.41, 5.74) is -0.743. The summed E-state index contributed by atoms with van der Waals surface area (Å²) in [6.45, 7) is 3.96. The first-order chi connectivity index (χ1) is 15.1. The minimum Gasteiger partial charge on any atom is -0.466 e. The number of nitro groups is 1. The predicted octanol–water partition coefficient (Wildman–Crippen LogP) is 2.00. The van der Waals surface area contributed by atoms with E-state index in [0.29, 0.717) is 0 Å². The molecule has 0 aromatic heterocycles. The average molecular weight is 443 g/mol. The lowest BCUT2D eigenvalue weighted by atomic mass is 9.80. The number of nitriles is 1. The van der Waals surface area contributed by atoms with Gasteiger partial charge in [-0.05, 0) is 19.4 Å². The van der Waals surface area contributed by atoms with Gasteiger partial charge in [0.2, 0.25) is 0 Å². The molecule has 1 unspecified atom stereocenters. The molecule has 168 valence electrons. The summed E-state index contributed by atoms with van der Waals surface area (Å²) in [6, 6.07) is 7.10. The first-order valence-electron chi connectivity index (χ1n) is 9.42. The molecular formula is C21H21N3O8. The zero-order valence-electron chi connectivity index (χ0n) is 17.8. The molecule has 1 aliphatic heterocycles. The molecular weight excluding hydrogens is 422 g/mol. The molecule has 0 saturated carbocycles. The number of nitrogens with one attached hydrogen (secondary N) is 1. The Kier molecular flexibility index (Phi) is 7.68. The van der Waals surface area contributed by atoms with Crippen LogP contribution in [0.15, 0.2) is 46.8 Å². The number of benzene rings is 1. The van der Waals surface area contributed by atoms with Gasteiger partial charge in [0.15, 0.2) is 0 Å². The Hall–Kier alpha value is -4.20. The maximum atomic E-state index is 13.1. The van der Waals surface area contributed by atoms with Gasteiger partial charge in [-0.3, -0.25) is 14.9 Å². The van der Waals surface area contributed by atoms with E-state index in [9.17, 15) is 29.8 Å². The second-order valence-corrected chi connectivity index (χ2v) is 6.93. The van der Waals surface area contributed by atoms with Crippen molar-refractivity contribution in [2.45, 2.75) is 32.8 Å². The predicted molar refractivity (Wildman–Crippen MR) is 109 cm³/mol. The van der Waals surface area contributed by atoms with Gasteiger partial charge in [-0.2, -0.15) is 5.26 Å². The number of ether oxygens (including phenoxy) is 3. The number of nitro benzene ring substituents is 1. The highest BCUT2D eigenvalue weighted by Crippen LogP contribution is 2.40. The van der Waals surface area contributed by atoms with Crippen LogP contribution in [0.25, 0.3) is 0 Å². The third-order valence-electron chi connectivity index (χ3n) is 4.36. The number of dihydropyridines is 1. The van der Waals surface area contributed by atoms with E-state index in [0.717, 1.165) is 14.0 Å². The van der Waals surface area contributed by atoms with Crippen molar-refractivity contribution in [2.24, 2.45) is 0 Å². The lowest BCUT2D eigenvalue weighted by Gasteiger charge is -2.30. The highest BCUT2D eigenvalue weighted by molar-refractivity contribution is 6.00. The van der Waals surface area contributed by atoms with Gasteiger partial charge in [0.1, 0.15) is 18.4 Å². The molecule has 11 nitrogen and oxygen atoms in total. The zero-order chi connectivity index (χ0) is 24.0. The number of nitrogens with zero attached hydrogens (tertiary/aromatic N) is 2. The van der Waals surface area contributed by atoms with Crippen molar-refractivity contribution in [3.8, 4) is 6.07 Å². The van der Waals surface area contributed by atoms with Crippen LogP contribution in [0.5, 0.6) is 0 Å². The summed E-state index contributed by atoms with van der Waals surface area (Å²) >= 11 is 0. The minimum absolute atomic E-state index is 0.00607. The largest absolute Gasteiger partial charge is 0.466 e.